The molecule has 2 aromatic carbocycles. The number of benzene rings is 2. The molecule has 2 aromatic rings. The molecule has 0 unspecified atom stereocenters. The largest absolute Gasteiger partial charge is 0.369 e. The third-order valence-corrected chi connectivity index (χ3v) is 6.25. The number of nitrogens with zero attached hydrogens (tertiary/aromatic N) is 3. The van der Waals surface area contributed by atoms with Gasteiger partial charge in [-0.3, -0.25) is 19.8 Å². The molecule has 1 heterocycles. The summed E-state index contributed by atoms with van der Waals surface area (Å²) in [7, 11) is -3.41. The Labute approximate surface area is 179 Å². The van der Waals surface area contributed by atoms with Gasteiger partial charge in [-0.1, -0.05) is 11.6 Å². The number of anilines is 2. The topological polar surface area (TPSA) is 113 Å². The minimum atomic E-state index is -3.41. The summed E-state index contributed by atoms with van der Waals surface area (Å²) in [5, 5.41) is 13.7. The van der Waals surface area contributed by atoms with E-state index in [1.807, 2.05) is 4.90 Å². The van der Waals surface area contributed by atoms with Crippen LogP contribution in [0.15, 0.2) is 47.4 Å². The molecule has 0 spiro atoms. The lowest BCUT2D eigenvalue weighted by Gasteiger charge is -2.35. The van der Waals surface area contributed by atoms with Crippen molar-refractivity contribution in [2.75, 3.05) is 49.2 Å². The predicted molar refractivity (Wildman–Crippen MR) is 115 cm³/mol. The number of nitro groups is 1. The van der Waals surface area contributed by atoms with Crippen LogP contribution in [0, 0.1) is 10.1 Å². The highest BCUT2D eigenvalue weighted by Gasteiger charge is 2.20. The average Bonchev–Trinajstić information content (AvgIpc) is 2.69. The fraction of sp³-hybridized carbons (Fsp3) is 0.316. The van der Waals surface area contributed by atoms with Crippen LogP contribution in [0.1, 0.15) is 0 Å². The predicted octanol–water partition coefficient (Wildman–Crippen LogP) is 2.41. The third-order valence-electron chi connectivity index (χ3n) is 4.81. The van der Waals surface area contributed by atoms with Crippen molar-refractivity contribution in [2.45, 2.75) is 4.90 Å². The molecule has 0 bridgehead atoms. The Morgan fingerprint density at radius 1 is 1.13 bits per heavy atom. The van der Waals surface area contributed by atoms with Crippen LogP contribution in [-0.2, 0) is 14.6 Å². The first-order chi connectivity index (χ1) is 14.1. The summed E-state index contributed by atoms with van der Waals surface area (Å²) in [6, 6.07) is 10.6. The van der Waals surface area contributed by atoms with Gasteiger partial charge in [-0.2, -0.15) is 0 Å². The van der Waals surface area contributed by atoms with E-state index >= 15 is 0 Å². The van der Waals surface area contributed by atoms with Crippen LogP contribution >= 0.6 is 11.6 Å². The highest BCUT2D eigenvalue weighted by atomic mass is 35.5. The van der Waals surface area contributed by atoms with E-state index in [1.54, 1.807) is 12.1 Å². The molecule has 30 heavy (non-hydrogen) atoms. The van der Waals surface area contributed by atoms with Gasteiger partial charge in [-0.05, 0) is 30.3 Å². The van der Waals surface area contributed by atoms with Crippen molar-refractivity contribution in [3.8, 4) is 0 Å². The van der Waals surface area contributed by atoms with Gasteiger partial charge < -0.3 is 10.2 Å². The summed E-state index contributed by atoms with van der Waals surface area (Å²) < 4.78 is 23.4. The summed E-state index contributed by atoms with van der Waals surface area (Å²) in [4.78, 5) is 26.9. The first-order valence-corrected chi connectivity index (χ1v) is 11.4. The first kappa shape index (κ1) is 22.0. The molecule has 0 aromatic heterocycles. The van der Waals surface area contributed by atoms with Gasteiger partial charge >= 0.3 is 0 Å². The zero-order valence-electron chi connectivity index (χ0n) is 16.2. The van der Waals surface area contributed by atoms with E-state index in [4.69, 9.17) is 11.6 Å². The van der Waals surface area contributed by atoms with Crippen LogP contribution in [0.4, 0.5) is 17.1 Å². The van der Waals surface area contributed by atoms with Crippen LogP contribution in [0.2, 0.25) is 5.02 Å². The minimum absolute atomic E-state index is 0.0488. The van der Waals surface area contributed by atoms with E-state index in [0.717, 1.165) is 11.9 Å². The monoisotopic (exact) mass is 452 g/mol. The summed E-state index contributed by atoms with van der Waals surface area (Å²) in [6.07, 6.45) is 1.09. The summed E-state index contributed by atoms with van der Waals surface area (Å²) in [5.74, 6) is -0.286. The molecule has 0 saturated carbocycles. The van der Waals surface area contributed by atoms with Crippen LogP contribution in [0.5, 0.6) is 0 Å². The maximum absolute atomic E-state index is 12.4. The number of nitro benzene ring substituents is 1. The van der Waals surface area contributed by atoms with E-state index in [1.165, 1.54) is 30.3 Å². The number of non-ortho nitro benzene ring substituents is 1. The lowest BCUT2D eigenvalue weighted by atomic mass is 10.2. The summed E-state index contributed by atoms with van der Waals surface area (Å²) in [6.45, 7) is 2.78. The van der Waals surface area contributed by atoms with Crippen LogP contribution in [-0.4, -0.2) is 63.1 Å². The Morgan fingerprint density at radius 2 is 1.77 bits per heavy atom. The lowest BCUT2D eigenvalue weighted by Crippen LogP contribution is -2.48. The normalized spacial score (nSPS) is 15.1. The number of hydrogen-bond donors (Lipinski definition) is 1. The Balaban J connectivity index is 1.55. The Kier molecular flexibility index (Phi) is 6.59. The second-order valence-corrected chi connectivity index (χ2v) is 9.42. The molecule has 1 saturated heterocycles. The molecule has 1 fully saturated rings. The number of carbonyl (C=O) groups excluding carboxylic acids is 1. The molecule has 0 aliphatic carbocycles. The number of amides is 1. The molecular formula is C19H21ClN4O5S. The van der Waals surface area contributed by atoms with Gasteiger partial charge in [-0.15, -0.1) is 0 Å². The average molecular weight is 453 g/mol. The van der Waals surface area contributed by atoms with Crippen molar-refractivity contribution in [2.24, 2.45) is 0 Å². The highest BCUT2D eigenvalue weighted by molar-refractivity contribution is 7.90. The molecule has 0 atom stereocenters. The number of nitrogens with one attached hydrogen (secondary N) is 1. The molecule has 1 aliphatic heterocycles. The molecule has 1 amide bonds. The minimum Gasteiger partial charge on any atom is -0.369 e. The molecule has 9 nitrogen and oxygen atoms in total. The number of hydrogen-bond acceptors (Lipinski definition) is 7. The van der Waals surface area contributed by atoms with Crippen molar-refractivity contribution in [1.29, 1.82) is 0 Å². The van der Waals surface area contributed by atoms with E-state index in [9.17, 15) is 23.3 Å². The molecule has 1 N–H and O–H groups in total. The molecule has 0 radical (unpaired) electrons. The van der Waals surface area contributed by atoms with E-state index in [-0.39, 0.29) is 33.7 Å². The zero-order valence-corrected chi connectivity index (χ0v) is 17.8. The summed E-state index contributed by atoms with van der Waals surface area (Å²) in [5.41, 5.74) is 1.20. The molecular weight excluding hydrogens is 432 g/mol. The molecule has 3 rings (SSSR count). The third kappa shape index (κ3) is 5.47. The van der Waals surface area contributed by atoms with Gasteiger partial charge in [-0.25, -0.2) is 8.42 Å². The Morgan fingerprint density at radius 3 is 2.33 bits per heavy atom. The van der Waals surface area contributed by atoms with Gasteiger partial charge in [0, 0.05) is 50.3 Å². The van der Waals surface area contributed by atoms with Gasteiger partial charge in [0.25, 0.3) is 5.69 Å². The number of rotatable bonds is 6. The van der Waals surface area contributed by atoms with Gasteiger partial charge in [0.15, 0.2) is 9.84 Å². The van der Waals surface area contributed by atoms with Crippen LogP contribution in [0.3, 0.4) is 0 Å². The Bertz CT molecular complexity index is 1050. The Hall–Kier alpha value is -2.69. The smallest absolute Gasteiger partial charge is 0.269 e. The van der Waals surface area contributed by atoms with Gasteiger partial charge in [0.1, 0.15) is 0 Å². The van der Waals surface area contributed by atoms with E-state index in [2.05, 4.69) is 10.2 Å². The van der Waals surface area contributed by atoms with Crippen molar-refractivity contribution in [3.63, 3.8) is 0 Å². The fourth-order valence-corrected chi connectivity index (χ4v) is 3.98. The van der Waals surface area contributed by atoms with Crippen LogP contribution < -0.4 is 10.2 Å². The standard InChI is InChI=1S/C19H21ClN4O5S/c1-30(28,29)16-6-7-17(20)18(12-16)21-19(25)13-22-8-10-23(11-9-22)14-2-4-15(5-3-14)24(26)27/h2-7,12H,8-11,13H2,1H3,(H,21,25). The lowest BCUT2D eigenvalue weighted by molar-refractivity contribution is -0.384. The molecule has 160 valence electrons. The number of carbonyl (C=O) groups is 1. The van der Waals surface area contributed by atoms with Crippen molar-refractivity contribution >= 4 is 44.4 Å². The highest BCUT2D eigenvalue weighted by Crippen LogP contribution is 2.25. The van der Waals surface area contributed by atoms with Crippen molar-refractivity contribution in [3.05, 3.63) is 57.6 Å². The van der Waals surface area contributed by atoms with Gasteiger partial charge in [0.05, 0.1) is 27.1 Å². The van der Waals surface area contributed by atoms with Crippen molar-refractivity contribution in [1.82, 2.24) is 4.90 Å². The zero-order chi connectivity index (χ0) is 21.9. The second-order valence-electron chi connectivity index (χ2n) is 7.00. The number of piperazine rings is 1. The summed E-state index contributed by atoms with van der Waals surface area (Å²) >= 11 is 6.08. The SMILES string of the molecule is CS(=O)(=O)c1ccc(Cl)c(NC(=O)CN2CCN(c3ccc([N+](=O)[O-])cc3)CC2)c1. The first-order valence-electron chi connectivity index (χ1n) is 9.15. The maximum Gasteiger partial charge on any atom is 0.269 e. The quantitative estimate of drug-likeness (QED) is 0.528. The second kappa shape index (κ2) is 8.99. The van der Waals surface area contributed by atoms with E-state index < -0.39 is 14.8 Å². The fourth-order valence-electron chi connectivity index (χ4n) is 3.17. The van der Waals surface area contributed by atoms with Crippen LogP contribution in [0.25, 0.3) is 0 Å². The molecule has 1 aliphatic rings. The maximum atomic E-state index is 12.4. The molecule has 11 heteroatoms. The van der Waals surface area contributed by atoms with E-state index in [0.29, 0.717) is 26.2 Å². The number of sulfone groups is 1. The van der Waals surface area contributed by atoms with Crippen molar-refractivity contribution < 1.29 is 18.1 Å². The number of halogens is 1. The van der Waals surface area contributed by atoms with Gasteiger partial charge in [0.2, 0.25) is 5.91 Å².